The number of hydrogen-bond acceptors (Lipinski definition) is 3. The van der Waals surface area contributed by atoms with Gasteiger partial charge < -0.3 is 15.7 Å². The second-order valence-electron chi connectivity index (χ2n) is 2.80. The molecule has 13 heavy (non-hydrogen) atoms. The number of amides is 1. The molecule has 1 aliphatic rings. The van der Waals surface area contributed by atoms with Gasteiger partial charge in [-0.3, -0.25) is 9.59 Å². The Morgan fingerprint density at radius 1 is 1.54 bits per heavy atom. The van der Waals surface area contributed by atoms with Crippen LogP contribution in [0.1, 0.15) is 20.3 Å². The molecule has 1 rings (SSSR count). The van der Waals surface area contributed by atoms with E-state index in [0.717, 1.165) is 20.0 Å². The van der Waals surface area contributed by atoms with Crippen LogP contribution in [-0.4, -0.2) is 36.1 Å². The molecule has 0 spiro atoms. The maximum Gasteiger partial charge on any atom is 0.300 e. The van der Waals surface area contributed by atoms with Crippen LogP contribution in [0.2, 0.25) is 0 Å². The monoisotopic (exact) mass is 188 g/mol. The second-order valence-corrected chi connectivity index (χ2v) is 2.80. The van der Waals surface area contributed by atoms with E-state index >= 15 is 0 Å². The van der Waals surface area contributed by atoms with Crippen molar-refractivity contribution in [3.05, 3.63) is 0 Å². The first-order chi connectivity index (χ1) is 6.06. The minimum atomic E-state index is -0.833. The van der Waals surface area contributed by atoms with Crippen LogP contribution in [0.15, 0.2) is 0 Å². The highest BCUT2D eigenvalue weighted by Crippen LogP contribution is 1.90. The molecule has 1 heterocycles. The van der Waals surface area contributed by atoms with Gasteiger partial charge in [0.2, 0.25) is 5.91 Å². The lowest BCUT2D eigenvalue weighted by Crippen LogP contribution is -2.56. The highest BCUT2D eigenvalue weighted by molar-refractivity contribution is 5.75. The summed E-state index contributed by atoms with van der Waals surface area (Å²) in [6, 6.07) is 0.400. The van der Waals surface area contributed by atoms with Crippen molar-refractivity contribution in [1.29, 1.82) is 0 Å². The van der Waals surface area contributed by atoms with Crippen LogP contribution in [0.3, 0.4) is 0 Å². The summed E-state index contributed by atoms with van der Waals surface area (Å²) in [6.07, 6.45) is 0.594. The van der Waals surface area contributed by atoms with Gasteiger partial charge in [0.15, 0.2) is 0 Å². The molecule has 76 valence electrons. The maximum atomic E-state index is 10.7. The Kier molecular flexibility index (Phi) is 5.88. The summed E-state index contributed by atoms with van der Waals surface area (Å²) in [5.74, 6) is -0.679. The van der Waals surface area contributed by atoms with E-state index in [0.29, 0.717) is 12.5 Å². The summed E-state index contributed by atoms with van der Waals surface area (Å²) in [7, 11) is 0. The summed E-state index contributed by atoms with van der Waals surface area (Å²) in [4.78, 5) is 19.7. The fraction of sp³-hybridized carbons (Fsp3) is 0.750. The van der Waals surface area contributed by atoms with Crippen molar-refractivity contribution >= 4 is 11.9 Å². The van der Waals surface area contributed by atoms with E-state index in [1.807, 2.05) is 6.92 Å². The molecule has 5 nitrogen and oxygen atoms in total. The Bertz CT molecular complexity index is 174. The molecule has 1 fully saturated rings. The summed E-state index contributed by atoms with van der Waals surface area (Å²) in [5, 5.41) is 13.4. The third-order valence-electron chi connectivity index (χ3n) is 1.47. The third kappa shape index (κ3) is 7.27. The number of carbonyl (C=O) groups is 2. The van der Waals surface area contributed by atoms with Crippen LogP contribution >= 0.6 is 0 Å². The third-order valence-corrected chi connectivity index (χ3v) is 1.47. The van der Waals surface area contributed by atoms with E-state index in [4.69, 9.17) is 9.90 Å². The van der Waals surface area contributed by atoms with Crippen LogP contribution in [0.25, 0.3) is 0 Å². The SMILES string of the molecule is CC(=O)O.CCC(=O)NC1CNC1. The highest BCUT2D eigenvalue weighted by Gasteiger charge is 2.17. The molecule has 0 unspecified atom stereocenters. The molecule has 5 heteroatoms. The molecule has 0 aromatic heterocycles. The van der Waals surface area contributed by atoms with E-state index in [1.165, 1.54) is 0 Å². The summed E-state index contributed by atoms with van der Waals surface area (Å²) < 4.78 is 0. The van der Waals surface area contributed by atoms with Crippen molar-refractivity contribution in [2.75, 3.05) is 13.1 Å². The van der Waals surface area contributed by atoms with Crippen LogP contribution < -0.4 is 10.6 Å². The van der Waals surface area contributed by atoms with Gasteiger partial charge in [-0.05, 0) is 0 Å². The molecule has 0 bridgehead atoms. The van der Waals surface area contributed by atoms with Gasteiger partial charge in [0, 0.05) is 26.4 Å². The van der Waals surface area contributed by atoms with Gasteiger partial charge in [-0.15, -0.1) is 0 Å². The molecule has 1 amide bonds. The Morgan fingerprint density at radius 2 is 2.00 bits per heavy atom. The minimum absolute atomic E-state index is 0.154. The van der Waals surface area contributed by atoms with E-state index in [2.05, 4.69) is 10.6 Å². The quantitative estimate of drug-likeness (QED) is 0.549. The molecule has 0 aliphatic carbocycles. The van der Waals surface area contributed by atoms with Gasteiger partial charge in [0.1, 0.15) is 0 Å². The summed E-state index contributed by atoms with van der Waals surface area (Å²) >= 11 is 0. The largest absolute Gasteiger partial charge is 0.481 e. The summed E-state index contributed by atoms with van der Waals surface area (Å²) in [6.45, 7) is 4.82. The standard InChI is InChI=1S/C6H12N2O.C2H4O2/c1-2-6(9)8-5-3-7-4-5;1-2(3)4/h5,7H,2-4H2,1H3,(H,8,9);1H3,(H,3,4). The first kappa shape index (κ1) is 11.9. The van der Waals surface area contributed by atoms with E-state index in [9.17, 15) is 4.79 Å². The van der Waals surface area contributed by atoms with E-state index < -0.39 is 5.97 Å². The van der Waals surface area contributed by atoms with Gasteiger partial charge in [0.05, 0.1) is 6.04 Å². The zero-order valence-electron chi connectivity index (χ0n) is 7.96. The molecule has 0 aromatic rings. The Hall–Kier alpha value is -1.10. The smallest absolute Gasteiger partial charge is 0.300 e. The van der Waals surface area contributed by atoms with Gasteiger partial charge >= 0.3 is 0 Å². The van der Waals surface area contributed by atoms with Crippen molar-refractivity contribution in [3.8, 4) is 0 Å². The lowest BCUT2D eigenvalue weighted by molar-refractivity contribution is -0.134. The number of aliphatic carboxylic acids is 1. The first-order valence-electron chi connectivity index (χ1n) is 4.25. The predicted octanol–water partition coefficient (Wildman–Crippen LogP) is -0.425. The molecule has 0 aromatic carbocycles. The average molecular weight is 188 g/mol. The molecule has 0 atom stereocenters. The van der Waals surface area contributed by atoms with Gasteiger partial charge in [-0.25, -0.2) is 0 Å². The van der Waals surface area contributed by atoms with Crippen molar-refractivity contribution in [1.82, 2.24) is 10.6 Å². The Labute approximate surface area is 77.5 Å². The number of carboxylic acids is 1. The lowest BCUT2D eigenvalue weighted by atomic mass is 10.2. The highest BCUT2D eigenvalue weighted by atomic mass is 16.4. The van der Waals surface area contributed by atoms with Crippen LogP contribution in [0.5, 0.6) is 0 Å². The number of hydrogen-bond donors (Lipinski definition) is 3. The Morgan fingerprint density at radius 3 is 2.23 bits per heavy atom. The molecule has 1 saturated heterocycles. The number of carbonyl (C=O) groups excluding carboxylic acids is 1. The molecule has 1 aliphatic heterocycles. The summed E-state index contributed by atoms with van der Waals surface area (Å²) in [5.41, 5.74) is 0. The van der Waals surface area contributed by atoms with E-state index in [1.54, 1.807) is 0 Å². The van der Waals surface area contributed by atoms with E-state index in [-0.39, 0.29) is 5.91 Å². The van der Waals surface area contributed by atoms with Crippen molar-refractivity contribution in [3.63, 3.8) is 0 Å². The number of carboxylic acid groups (broad SMARTS) is 1. The van der Waals surface area contributed by atoms with Gasteiger partial charge in [-0.2, -0.15) is 0 Å². The second kappa shape index (κ2) is 6.42. The Balaban J connectivity index is 0.000000310. The molecular weight excluding hydrogens is 172 g/mol. The fourth-order valence-corrected chi connectivity index (χ4v) is 0.720. The van der Waals surface area contributed by atoms with Gasteiger partial charge in [0.25, 0.3) is 5.97 Å². The van der Waals surface area contributed by atoms with Crippen molar-refractivity contribution in [2.45, 2.75) is 26.3 Å². The number of nitrogens with one attached hydrogen (secondary N) is 2. The normalized spacial score (nSPS) is 14.9. The average Bonchev–Trinajstić information content (AvgIpc) is 1.95. The van der Waals surface area contributed by atoms with Crippen LogP contribution in [0.4, 0.5) is 0 Å². The zero-order valence-corrected chi connectivity index (χ0v) is 7.96. The molecular formula is C8H16N2O3. The fourth-order valence-electron chi connectivity index (χ4n) is 0.720. The molecule has 0 saturated carbocycles. The minimum Gasteiger partial charge on any atom is -0.481 e. The lowest BCUT2D eigenvalue weighted by Gasteiger charge is -2.27. The van der Waals surface area contributed by atoms with Crippen molar-refractivity contribution < 1.29 is 14.7 Å². The maximum absolute atomic E-state index is 10.7. The predicted molar refractivity (Wildman–Crippen MR) is 48.4 cm³/mol. The van der Waals surface area contributed by atoms with Crippen LogP contribution in [0, 0.1) is 0 Å². The van der Waals surface area contributed by atoms with Crippen molar-refractivity contribution in [2.24, 2.45) is 0 Å². The van der Waals surface area contributed by atoms with Crippen LogP contribution in [-0.2, 0) is 9.59 Å². The first-order valence-corrected chi connectivity index (χ1v) is 4.25. The molecule has 0 radical (unpaired) electrons. The zero-order chi connectivity index (χ0) is 10.3. The number of rotatable bonds is 2. The molecule has 3 N–H and O–H groups in total. The topological polar surface area (TPSA) is 78.4 Å². The van der Waals surface area contributed by atoms with Gasteiger partial charge in [-0.1, -0.05) is 6.92 Å².